The van der Waals surface area contributed by atoms with E-state index in [1.54, 1.807) is 7.11 Å². The highest BCUT2D eigenvalue weighted by molar-refractivity contribution is 5.90. The molecular formula is C32H47N3O5. The molecule has 1 unspecified atom stereocenters. The minimum absolute atomic E-state index is 0.127. The first kappa shape index (κ1) is 31.6. The van der Waals surface area contributed by atoms with Gasteiger partial charge in [0.25, 0.3) is 0 Å². The SMILES string of the molecule is CCC(COC)NC(=O)[C@@H](Cc1ccc(OCc2ccccc2)cc1)NC(=O)[C@H](CC(C)C)NC1CCOCC1. The number of nitrogens with one attached hydrogen (secondary N) is 3. The summed E-state index contributed by atoms with van der Waals surface area (Å²) in [6.07, 6.45) is 3.53. The van der Waals surface area contributed by atoms with E-state index in [0.717, 1.165) is 36.1 Å². The molecule has 2 amide bonds. The molecular weight excluding hydrogens is 506 g/mol. The normalized spacial score (nSPS) is 16.2. The van der Waals surface area contributed by atoms with Crippen molar-refractivity contribution in [2.75, 3.05) is 26.9 Å². The Morgan fingerprint density at radius 2 is 1.60 bits per heavy atom. The fourth-order valence-corrected chi connectivity index (χ4v) is 4.82. The highest BCUT2D eigenvalue weighted by atomic mass is 16.5. The number of carbonyl (C=O) groups is 2. The van der Waals surface area contributed by atoms with Crippen molar-refractivity contribution in [1.82, 2.24) is 16.0 Å². The van der Waals surface area contributed by atoms with Crippen molar-refractivity contribution in [2.24, 2.45) is 5.92 Å². The molecule has 1 aliphatic rings. The molecule has 1 heterocycles. The van der Waals surface area contributed by atoms with Crippen LogP contribution in [0.1, 0.15) is 57.6 Å². The fraction of sp³-hybridized carbons (Fsp3) is 0.562. The van der Waals surface area contributed by atoms with Crippen LogP contribution in [-0.2, 0) is 32.1 Å². The third-order valence-electron chi connectivity index (χ3n) is 7.13. The van der Waals surface area contributed by atoms with Crippen LogP contribution < -0.4 is 20.7 Å². The van der Waals surface area contributed by atoms with Crippen LogP contribution in [0.4, 0.5) is 0 Å². The topological polar surface area (TPSA) is 97.9 Å². The third kappa shape index (κ3) is 10.9. The van der Waals surface area contributed by atoms with Gasteiger partial charge in [-0.3, -0.25) is 9.59 Å². The third-order valence-corrected chi connectivity index (χ3v) is 7.13. The molecule has 2 aromatic carbocycles. The van der Waals surface area contributed by atoms with Crippen molar-refractivity contribution in [3.8, 4) is 5.75 Å². The van der Waals surface area contributed by atoms with Gasteiger partial charge < -0.3 is 30.2 Å². The number of rotatable bonds is 16. The van der Waals surface area contributed by atoms with Crippen molar-refractivity contribution in [3.63, 3.8) is 0 Å². The van der Waals surface area contributed by atoms with Gasteiger partial charge in [-0.05, 0) is 54.9 Å². The maximum atomic E-state index is 13.6. The van der Waals surface area contributed by atoms with Gasteiger partial charge in [0.2, 0.25) is 11.8 Å². The number of hydrogen-bond acceptors (Lipinski definition) is 6. The lowest BCUT2D eigenvalue weighted by Gasteiger charge is -2.30. The Hall–Kier alpha value is -2.94. The Balaban J connectivity index is 1.70. The second-order valence-electron chi connectivity index (χ2n) is 11.0. The first-order chi connectivity index (χ1) is 19.4. The van der Waals surface area contributed by atoms with E-state index in [0.29, 0.717) is 45.2 Å². The van der Waals surface area contributed by atoms with E-state index >= 15 is 0 Å². The quantitative estimate of drug-likeness (QED) is 0.291. The number of methoxy groups -OCH3 is 1. The maximum Gasteiger partial charge on any atom is 0.243 e. The van der Waals surface area contributed by atoms with E-state index in [9.17, 15) is 9.59 Å². The van der Waals surface area contributed by atoms with E-state index in [4.69, 9.17) is 14.2 Å². The first-order valence-corrected chi connectivity index (χ1v) is 14.6. The molecule has 0 radical (unpaired) electrons. The number of benzene rings is 2. The van der Waals surface area contributed by atoms with Crippen LogP contribution in [0.3, 0.4) is 0 Å². The molecule has 0 aliphatic carbocycles. The lowest BCUT2D eigenvalue weighted by atomic mass is 9.99. The van der Waals surface area contributed by atoms with Gasteiger partial charge in [0.15, 0.2) is 0 Å². The van der Waals surface area contributed by atoms with Gasteiger partial charge in [0.05, 0.1) is 18.7 Å². The summed E-state index contributed by atoms with van der Waals surface area (Å²) in [6, 6.07) is 16.7. The Morgan fingerprint density at radius 1 is 0.925 bits per heavy atom. The van der Waals surface area contributed by atoms with E-state index < -0.39 is 6.04 Å². The summed E-state index contributed by atoms with van der Waals surface area (Å²) < 4.78 is 16.7. The molecule has 0 bridgehead atoms. The Morgan fingerprint density at radius 3 is 2.23 bits per heavy atom. The molecule has 1 saturated heterocycles. The van der Waals surface area contributed by atoms with Crippen molar-refractivity contribution < 1.29 is 23.8 Å². The van der Waals surface area contributed by atoms with Crippen molar-refractivity contribution in [2.45, 2.75) is 83.6 Å². The zero-order chi connectivity index (χ0) is 28.7. The Bertz CT molecular complexity index is 1010. The lowest BCUT2D eigenvalue weighted by molar-refractivity contribution is -0.131. The molecule has 1 fully saturated rings. The van der Waals surface area contributed by atoms with Gasteiger partial charge in [-0.15, -0.1) is 0 Å². The summed E-state index contributed by atoms with van der Waals surface area (Å²) >= 11 is 0. The predicted molar refractivity (Wildman–Crippen MR) is 157 cm³/mol. The summed E-state index contributed by atoms with van der Waals surface area (Å²) in [5, 5.41) is 9.68. The van der Waals surface area contributed by atoms with E-state index in [-0.39, 0.29) is 29.9 Å². The van der Waals surface area contributed by atoms with Crippen LogP contribution in [0, 0.1) is 5.92 Å². The van der Waals surface area contributed by atoms with E-state index in [2.05, 4.69) is 29.8 Å². The van der Waals surface area contributed by atoms with Crippen molar-refractivity contribution in [1.29, 1.82) is 0 Å². The zero-order valence-corrected chi connectivity index (χ0v) is 24.5. The van der Waals surface area contributed by atoms with Crippen LogP contribution in [0.25, 0.3) is 0 Å². The van der Waals surface area contributed by atoms with Crippen LogP contribution in [0.5, 0.6) is 5.75 Å². The molecule has 3 N–H and O–H groups in total. The van der Waals surface area contributed by atoms with Crippen LogP contribution in [-0.4, -0.2) is 62.9 Å². The average molecular weight is 554 g/mol. The highest BCUT2D eigenvalue weighted by Gasteiger charge is 2.29. The largest absolute Gasteiger partial charge is 0.489 e. The number of hydrogen-bond donors (Lipinski definition) is 3. The molecule has 40 heavy (non-hydrogen) atoms. The minimum atomic E-state index is -0.722. The monoisotopic (exact) mass is 553 g/mol. The highest BCUT2D eigenvalue weighted by Crippen LogP contribution is 2.17. The molecule has 3 rings (SSSR count). The first-order valence-electron chi connectivity index (χ1n) is 14.6. The molecule has 1 aliphatic heterocycles. The number of amides is 2. The Labute approximate surface area is 239 Å². The van der Waals surface area contributed by atoms with Crippen molar-refractivity contribution >= 4 is 11.8 Å². The molecule has 8 heteroatoms. The Kier molecular flexibility index (Phi) is 13.4. The molecule has 0 spiro atoms. The molecule has 8 nitrogen and oxygen atoms in total. The van der Waals surface area contributed by atoms with Crippen LogP contribution >= 0.6 is 0 Å². The number of ether oxygens (including phenoxy) is 3. The van der Waals surface area contributed by atoms with Gasteiger partial charge in [0, 0.05) is 32.8 Å². The minimum Gasteiger partial charge on any atom is -0.489 e. The predicted octanol–water partition coefficient (Wildman–Crippen LogP) is 4.02. The summed E-state index contributed by atoms with van der Waals surface area (Å²) in [5.41, 5.74) is 2.03. The van der Waals surface area contributed by atoms with Gasteiger partial charge in [0.1, 0.15) is 18.4 Å². The van der Waals surface area contributed by atoms with Gasteiger partial charge in [-0.25, -0.2) is 0 Å². The summed E-state index contributed by atoms with van der Waals surface area (Å²) in [5.74, 6) is 0.713. The van der Waals surface area contributed by atoms with E-state index in [1.807, 2.05) is 61.5 Å². The molecule has 3 atom stereocenters. The second kappa shape index (κ2) is 17.0. The summed E-state index contributed by atoms with van der Waals surface area (Å²) in [4.78, 5) is 27.0. The molecule has 0 aromatic heterocycles. The second-order valence-corrected chi connectivity index (χ2v) is 11.0. The molecule has 0 saturated carbocycles. The van der Waals surface area contributed by atoms with Crippen LogP contribution in [0.2, 0.25) is 0 Å². The smallest absolute Gasteiger partial charge is 0.243 e. The van der Waals surface area contributed by atoms with Gasteiger partial charge in [-0.1, -0.05) is 63.2 Å². The molecule has 2 aromatic rings. The maximum absolute atomic E-state index is 13.6. The standard InChI is InChI=1S/C32H47N3O5/c1-5-26(22-38-4)34-31(36)30(35-32(37)29(19-23(2)3)33-27-15-17-39-18-16-27)20-24-11-13-28(14-12-24)40-21-25-9-7-6-8-10-25/h6-14,23,26-27,29-30,33H,5,15-22H2,1-4H3,(H,34,36)(H,35,37)/t26?,29-,30+/m0/s1. The lowest BCUT2D eigenvalue weighted by Crippen LogP contribution is -2.57. The van der Waals surface area contributed by atoms with Gasteiger partial charge >= 0.3 is 0 Å². The summed E-state index contributed by atoms with van der Waals surface area (Å²) in [6.45, 7) is 8.50. The van der Waals surface area contributed by atoms with E-state index in [1.165, 1.54) is 0 Å². The summed E-state index contributed by atoms with van der Waals surface area (Å²) in [7, 11) is 1.62. The van der Waals surface area contributed by atoms with Crippen LogP contribution in [0.15, 0.2) is 54.6 Å². The average Bonchev–Trinajstić information content (AvgIpc) is 2.96. The zero-order valence-electron chi connectivity index (χ0n) is 24.5. The van der Waals surface area contributed by atoms with Gasteiger partial charge in [-0.2, -0.15) is 0 Å². The fourth-order valence-electron chi connectivity index (χ4n) is 4.82. The van der Waals surface area contributed by atoms with Crippen molar-refractivity contribution in [3.05, 3.63) is 65.7 Å². The molecule has 220 valence electrons. The number of carbonyl (C=O) groups excluding carboxylic acids is 2.